The number of aromatic nitrogens is 3. The molecule has 1 unspecified atom stereocenters. The second-order valence-electron chi connectivity index (χ2n) is 4.97. The van der Waals surface area contributed by atoms with E-state index >= 15 is 0 Å². The van der Waals surface area contributed by atoms with Crippen LogP contribution in [-0.2, 0) is 0 Å². The van der Waals surface area contributed by atoms with Gasteiger partial charge < -0.3 is 10.6 Å². The Labute approximate surface area is 114 Å². The first-order chi connectivity index (χ1) is 9.08. The number of pyridine rings is 1. The van der Waals surface area contributed by atoms with Gasteiger partial charge in [-0.25, -0.2) is 9.97 Å². The van der Waals surface area contributed by atoms with E-state index in [1.165, 1.54) is 0 Å². The second kappa shape index (κ2) is 5.57. The summed E-state index contributed by atoms with van der Waals surface area (Å²) in [5.74, 6) is 0.552. The summed E-state index contributed by atoms with van der Waals surface area (Å²) in [6.07, 6.45) is 1.82. The molecule has 0 fully saturated rings. The van der Waals surface area contributed by atoms with E-state index in [-0.39, 0.29) is 6.04 Å². The molecule has 0 saturated heterocycles. The Balaban J connectivity index is 2.39. The quantitative estimate of drug-likeness (QED) is 0.896. The summed E-state index contributed by atoms with van der Waals surface area (Å²) >= 11 is 0. The Bertz CT molecular complexity index is 556. The molecule has 0 aliphatic heterocycles. The number of hydrogen-bond donors (Lipinski definition) is 1. The van der Waals surface area contributed by atoms with Crippen molar-refractivity contribution in [3.63, 3.8) is 0 Å². The number of hydrogen-bond acceptors (Lipinski definition) is 4. The summed E-state index contributed by atoms with van der Waals surface area (Å²) in [5, 5.41) is 0. The average molecular weight is 261 g/mol. The molecule has 0 aromatic carbocycles. The second-order valence-corrected chi connectivity index (χ2v) is 4.97. The van der Waals surface area contributed by atoms with Gasteiger partial charge in [-0.05, 0) is 38.6 Å². The van der Waals surface area contributed by atoms with Crippen LogP contribution in [0.25, 0.3) is 11.2 Å². The normalized spacial score (nSPS) is 13.3. The van der Waals surface area contributed by atoms with E-state index in [0.29, 0.717) is 5.95 Å². The lowest BCUT2D eigenvalue weighted by molar-refractivity contribution is 0.264. The van der Waals surface area contributed by atoms with E-state index in [1.807, 2.05) is 23.8 Å². The minimum Gasteiger partial charge on any atom is -0.369 e. The van der Waals surface area contributed by atoms with E-state index in [4.69, 9.17) is 5.73 Å². The molecule has 2 heterocycles. The maximum absolute atomic E-state index is 6.08. The van der Waals surface area contributed by atoms with Crippen molar-refractivity contribution >= 4 is 17.1 Å². The predicted octanol–water partition coefficient (Wildman–Crippen LogP) is 2.22. The highest BCUT2D eigenvalue weighted by atomic mass is 15.2. The molecule has 0 spiro atoms. The Morgan fingerprint density at radius 2 is 2.05 bits per heavy atom. The third kappa shape index (κ3) is 2.56. The molecule has 0 amide bonds. The number of aryl methyl sites for hydroxylation is 1. The fraction of sp³-hybridized carbons (Fsp3) is 0.571. The van der Waals surface area contributed by atoms with Gasteiger partial charge in [-0.3, -0.25) is 4.57 Å². The molecule has 5 nitrogen and oxygen atoms in total. The molecule has 19 heavy (non-hydrogen) atoms. The first kappa shape index (κ1) is 13.8. The Morgan fingerprint density at radius 1 is 1.37 bits per heavy atom. The maximum Gasteiger partial charge on any atom is 0.202 e. The summed E-state index contributed by atoms with van der Waals surface area (Å²) in [7, 11) is 0. The van der Waals surface area contributed by atoms with Crippen LogP contribution in [0.4, 0.5) is 5.95 Å². The number of nitrogen functional groups attached to an aromatic ring is 1. The summed E-state index contributed by atoms with van der Waals surface area (Å²) < 4.78 is 2.04. The number of anilines is 1. The van der Waals surface area contributed by atoms with Crippen LogP contribution >= 0.6 is 0 Å². The number of imidazole rings is 1. The fourth-order valence-corrected chi connectivity index (χ4v) is 2.50. The predicted molar refractivity (Wildman–Crippen MR) is 79.2 cm³/mol. The molecule has 0 aliphatic rings. The van der Waals surface area contributed by atoms with Crippen molar-refractivity contribution in [1.29, 1.82) is 0 Å². The maximum atomic E-state index is 6.08. The van der Waals surface area contributed by atoms with Gasteiger partial charge in [0.15, 0.2) is 5.65 Å². The van der Waals surface area contributed by atoms with Gasteiger partial charge in [-0.15, -0.1) is 0 Å². The number of likely N-dealkylation sites (N-methyl/N-ethyl adjacent to an activating group) is 1. The first-order valence-electron chi connectivity index (χ1n) is 6.89. The van der Waals surface area contributed by atoms with E-state index in [0.717, 1.165) is 36.4 Å². The largest absolute Gasteiger partial charge is 0.369 e. The summed E-state index contributed by atoms with van der Waals surface area (Å²) in [4.78, 5) is 11.3. The summed E-state index contributed by atoms with van der Waals surface area (Å²) in [6.45, 7) is 11.6. The Kier molecular flexibility index (Phi) is 4.04. The lowest BCUT2D eigenvalue weighted by Gasteiger charge is -2.24. The molecule has 2 aromatic rings. The topological polar surface area (TPSA) is 60.0 Å². The van der Waals surface area contributed by atoms with Crippen LogP contribution in [0, 0.1) is 6.92 Å². The molecule has 0 bridgehead atoms. The van der Waals surface area contributed by atoms with Crippen LogP contribution < -0.4 is 5.73 Å². The van der Waals surface area contributed by atoms with E-state index < -0.39 is 0 Å². The average Bonchev–Trinajstić information content (AvgIpc) is 2.73. The van der Waals surface area contributed by atoms with Gasteiger partial charge in [0.25, 0.3) is 0 Å². The van der Waals surface area contributed by atoms with Crippen molar-refractivity contribution in [3.8, 4) is 0 Å². The van der Waals surface area contributed by atoms with Crippen LogP contribution in [-0.4, -0.2) is 39.1 Å². The molecular formula is C14H23N5. The highest BCUT2D eigenvalue weighted by molar-refractivity contribution is 5.77. The summed E-state index contributed by atoms with van der Waals surface area (Å²) in [6, 6.07) is 2.23. The molecule has 0 aliphatic carbocycles. The molecule has 0 radical (unpaired) electrons. The molecule has 5 heteroatoms. The fourth-order valence-electron chi connectivity index (χ4n) is 2.50. The highest BCUT2D eigenvalue weighted by Gasteiger charge is 2.17. The lowest BCUT2D eigenvalue weighted by Crippen LogP contribution is -2.30. The van der Waals surface area contributed by atoms with Crippen LogP contribution in [0.1, 0.15) is 32.4 Å². The number of fused-ring (bicyclic) bond motifs is 1. The zero-order valence-corrected chi connectivity index (χ0v) is 12.2. The van der Waals surface area contributed by atoms with Gasteiger partial charge in [0.2, 0.25) is 5.95 Å². The molecule has 104 valence electrons. The van der Waals surface area contributed by atoms with Crippen LogP contribution in [0.2, 0.25) is 0 Å². The van der Waals surface area contributed by atoms with Gasteiger partial charge in [-0.1, -0.05) is 13.8 Å². The Morgan fingerprint density at radius 3 is 2.68 bits per heavy atom. The van der Waals surface area contributed by atoms with Gasteiger partial charge in [-0.2, -0.15) is 0 Å². The van der Waals surface area contributed by atoms with Crippen LogP contribution in [0.3, 0.4) is 0 Å². The van der Waals surface area contributed by atoms with Crippen LogP contribution in [0.15, 0.2) is 12.3 Å². The molecule has 1 atom stereocenters. The van der Waals surface area contributed by atoms with E-state index in [9.17, 15) is 0 Å². The third-order valence-corrected chi connectivity index (χ3v) is 3.67. The first-order valence-corrected chi connectivity index (χ1v) is 6.89. The minimum absolute atomic E-state index is 0.263. The Hall–Kier alpha value is -1.62. The smallest absolute Gasteiger partial charge is 0.202 e. The van der Waals surface area contributed by atoms with E-state index in [1.54, 1.807) is 0 Å². The van der Waals surface area contributed by atoms with Crippen molar-refractivity contribution in [3.05, 3.63) is 17.8 Å². The van der Waals surface area contributed by atoms with Gasteiger partial charge >= 0.3 is 0 Å². The number of nitrogens with two attached hydrogens (primary N) is 1. The highest BCUT2D eigenvalue weighted by Crippen LogP contribution is 2.23. The van der Waals surface area contributed by atoms with Crippen molar-refractivity contribution in [2.45, 2.75) is 33.7 Å². The lowest BCUT2D eigenvalue weighted by atomic mass is 10.2. The zero-order valence-electron chi connectivity index (χ0n) is 12.2. The SMILES string of the molecule is CCN(CC)CC(C)n1c(N)nc2c(C)ccnc21. The van der Waals surface area contributed by atoms with E-state index in [2.05, 4.69) is 35.6 Å². The van der Waals surface area contributed by atoms with Crippen molar-refractivity contribution < 1.29 is 0 Å². The molecule has 2 rings (SSSR count). The zero-order chi connectivity index (χ0) is 14.0. The van der Waals surface area contributed by atoms with Gasteiger partial charge in [0.05, 0.1) is 0 Å². The number of rotatable bonds is 5. The minimum atomic E-state index is 0.263. The number of nitrogens with zero attached hydrogens (tertiary/aromatic N) is 4. The van der Waals surface area contributed by atoms with Crippen LogP contribution in [0.5, 0.6) is 0 Å². The van der Waals surface area contributed by atoms with Gasteiger partial charge in [0, 0.05) is 18.8 Å². The summed E-state index contributed by atoms with van der Waals surface area (Å²) in [5.41, 5.74) is 8.99. The van der Waals surface area contributed by atoms with Crippen molar-refractivity contribution in [2.75, 3.05) is 25.4 Å². The standard InChI is InChI=1S/C14H23N5/c1-5-18(6-2)9-11(4)19-13-12(17-14(19)15)10(3)7-8-16-13/h7-8,11H,5-6,9H2,1-4H3,(H2,15,17). The third-order valence-electron chi connectivity index (χ3n) is 3.67. The monoisotopic (exact) mass is 261 g/mol. The van der Waals surface area contributed by atoms with Crippen molar-refractivity contribution in [2.24, 2.45) is 0 Å². The molecular weight excluding hydrogens is 238 g/mol. The van der Waals surface area contributed by atoms with Crippen molar-refractivity contribution in [1.82, 2.24) is 19.4 Å². The molecule has 2 aromatic heterocycles. The van der Waals surface area contributed by atoms with Gasteiger partial charge in [0.1, 0.15) is 5.52 Å². The molecule has 2 N–H and O–H groups in total. The molecule has 0 saturated carbocycles.